The third-order valence-electron chi connectivity index (χ3n) is 2.22. The van der Waals surface area contributed by atoms with Crippen LogP contribution in [-0.4, -0.2) is 36.6 Å². The Hall–Kier alpha value is -1.10. The van der Waals surface area contributed by atoms with E-state index in [-0.39, 0.29) is 18.4 Å². The highest BCUT2D eigenvalue weighted by Gasteiger charge is 2.26. The van der Waals surface area contributed by atoms with Crippen LogP contribution in [0.1, 0.15) is 27.2 Å². The lowest BCUT2D eigenvalue weighted by atomic mass is 9.92. The lowest BCUT2D eigenvalue weighted by Gasteiger charge is -2.24. The highest BCUT2D eigenvalue weighted by atomic mass is 16.4. The van der Waals surface area contributed by atoms with Crippen LogP contribution >= 0.6 is 0 Å². The fourth-order valence-electron chi connectivity index (χ4n) is 1.18. The zero-order chi connectivity index (χ0) is 12.1. The van der Waals surface area contributed by atoms with Crippen molar-refractivity contribution in [3.8, 4) is 0 Å². The van der Waals surface area contributed by atoms with Crippen LogP contribution in [0.25, 0.3) is 0 Å². The molecule has 0 aliphatic heterocycles. The van der Waals surface area contributed by atoms with Crippen molar-refractivity contribution in [1.82, 2.24) is 10.6 Å². The van der Waals surface area contributed by atoms with Gasteiger partial charge in [0.15, 0.2) is 0 Å². The first kappa shape index (κ1) is 13.9. The minimum atomic E-state index is -0.840. The molecule has 15 heavy (non-hydrogen) atoms. The van der Waals surface area contributed by atoms with Gasteiger partial charge in [0.2, 0.25) is 5.91 Å². The lowest BCUT2D eigenvalue weighted by Crippen LogP contribution is -2.44. The van der Waals surface area contributed by atoms with Gasteiger partial charge in [-0.2, -0.15) is 0 Å². The molecule has 0 fully saturated rings. The first-order valence-electron chi connectivity index (χ1n) is 4.97. The molecular weight excluding hydrogens is 196 g/mol. The monoisotopic (exact) mass is 216 g/mol. The second-order valence-electron chi connectivity index (χ2n) is 4.34. The predicted octanol–water partition coefficient (Wildman–Crippen LogP) is 0.211. The largest absolute Gasteiger partial charge is 0.481 e. The van der Waals surface area contributed by atoms with Crippen molar-refractivity contribution in [1.29, 1.82) is 0 Å². The highest BCUT2D eigenvalue weighted by Crippen LogP contribution is 2.13. The van der Waals surface area contributed by atoms with E-state index in [4.69, 9.17) is 5.11 Å². The van der Waals surface area contributed by atoms with Crippen LogP contribution in [0.2, 0.25) is 0 Å². The van der Waals surface area contributed by atoms with Crippen LogP contribution in [0.4, 0.5) is 0 Å². The molecule has 0 aromatic rings. The van der Waals surface area contributed by atoms with E-state index in [1.807, 2.05) is 13.8 Å². The van der Waals surface area contributed by atoms with Gasteiger partial charge in [-0.3, -0.25) is 9.59 Å². The van der Waals surface area contributed by atoms with Gasteiger partial charge in [0.1, 0.15) is 0 Å². The average molecular weight is 216 g/mol. The van der Waals surface area contributed by atoms with Crippen molar-refractivity contribution in [3.05, 3.63) is 0 Å². The Morgan fingerprint density at radius 3 is 2.33 bits per heavy atom. The number of carbonyl (C=O) groups excluding carboxylic acids is 1. The number of nitrogens with one attached hydrogen (secondary N) is 2. The summed E-state index contributed by atoms with van der Waals surface area (Å²) in [6.07, 6.45) is 0.0593. The topological polar surface area (TPSA) is 78.4 Å². The Labute approximate surface area is 90.2 Å². The molecule has 0 aliphatic carbocycles. The Morgan fingerprint density at radius 2 is 1.93 bits per heavy atom. The van der Waals surface area contributed by atoms with Gasteiger partial charge in [-0.25, -0.2) is 0 Å². The fourth-order valence-corrected chi connectivity index (χ4v) is 1.18. The van der Waals surface area contributed by atoms with Crippen LogP contribution in [0, 0.1) is 5.41 Å². The summed E-state index contributed by atoms with van der Waals surface area (Å²) in [6.45, 7) is 5.87. The second kappa shape index (κ2) is 5.70. The molecule has 0 spiro atoms. The average Bonchev–Trinajstić information content (AvgIpc) is 2.12. The Balaban J connectivity index is 4.03. The van der Waals surface area contributed by atoms with E-state index in [0.29, 0.717) is 6.54 Å². The molecule has 0 saturated carbocycles. The molecule has 0 saturated heterocycles. The van der Waals surface area contributed by atoms with Crippen LogP contribution in [0.3, 0.4) is 0 Å². The summed E-state index contributed by atoms with van der Waals surface area (Å²) < 4.78 is 0. The molecular formula is C10H20N2O3. The predicted molar refractivity (Wildman–Crippen MR) is 57.6 cm³/mol. The summed E-state index contributed by atoms with van der Waals surface area (Å²) >= 11 is 0. The normalized spacial score (nSPS) is 13.3. The van der Waals surface area contributed by atoms with E-state index in [1.54, 1.807) is 14.0 Å². The van der Waals surface area contributed by atoms with Crippen molar-refractivity contribution in [3.63, 3.8) is 0 Å². The van der Waals surface area contributed by atoms with Gasteiger partial charge in [0.05, 0.1) is 11.8 Å². The van der Waals surface area contributed by atoms with Crippen molar-refractivity contribution in [2.24, 2.45) is 5.41 Å². The third-order valence-corrected chi connectivity index (χ3v) is 2.22. The van der Waals surface area contributed by atoms with E-state index >= 15 is 0 Å². The molecule has 0 rings (SSSR count). The maximum atomic E-state index is 11.4. The first-order chi connectivity index (χ1) is 6.79. The molecule has 0 heterocycles. The van der Waals surface area contributed by atoms with Crippen LogP contribution in [-0.2, 0) is 9.59 Å². The second-order valence-corrected chi connectivity index (χ2v) is 4.34. The van der Waals surface area contributed by atoms with Gasteiger partial charge in [-0.15, -0.1) is 0 Å². The molecule has 3 N–H and O–H groups in total. The van der Waals surface area contributed by atoms with Crippen molar-refractivity contribution in [2.75, 3.05) is 13.6 Å². The molecule has 5 nitrogen and oxygen atoms in total. The summed E-state index contributed by atoms with van der Waals surface area (Å²) in [5.74, 6) is -0.898. The van der Waals surface area contributed by atoms with Crippen LogP contribution in [0.5, 0.6) is 0 Å². The molecule has 0 radical (unpaired) electrons. The highest BCUT2D eigenvalue weighted by molar-refractivity contribution is 5.81. The molecule has 88 valence electrons. The Kier molecular flexibility index (Phi) is 5.28. The van der Waals surface area contributed by atoms with E-state index in [2.05, 4.69) is 10.6 Å². The van der Waals surface area contributed by atoms with Gasteiger partial charge < -0.3 is 15.7 Å². The molecule has 1 unspecified atom stereocenters. The van der Waals surface area contributed by atoms with Gasteiger partial charge in [0, 0.05) is 19.6 Å². The Morgan fingerprint density at radius 1 is 1.40 bits per heavy atom. The van der Waals surface area contributed by atoms with Gasteiger partial charge in [-0.05, 0) is 20.8 Å². The Bertz CT molecular complexity index is 239. The first-order valence-corrected chi connectivity index (χ1v) is 4.97. The molecule has 0 bridgehead atoms. The smallest absolute Gasteiger partial charge is 0.304 e. The zero-order valence-corrected chi connectivity index (χ0v) is 9.76. The molecule has 5 heteroatoms. The number of carboxylic acids is 1. The van der Waals surface area contributed by atoms with Gasteiger partial charge in [-0.1, -0.05) is 0 Å². The minimum absolute atomic E-state index is 0.0578. The van der Waals surface area contributed by atoms with Gasteiger partial charge in [0.25, 0.3) is 0 Å². The number of carbonyl (C=O) groups is 2. The number of hydrogen-bond donors (Lipinski definition) is 3. The van der Waals surface area contributed by atoms with E-state index in [0.717, 1.165) is 0 Å². The van der Waals surface area contributed by atoms with E-state index < -0.39 is 11.4 Å². The summed E-state index contributed by atoms with van der Waals surface area (Å²) in [5, 5.41) is 14.2. The van der Waals surface area contributed by atoms with E-state index in [9.17, 15) is 9.59 Å². The third kappa shape index (κ3) is 5.37. The van der Waals surface area contributed by atoms with Crippen LogP contribution in [0.15, 0.2) is 0 Å². The zero-order valence-electron chi connectivity index (χ0n) is 9.76. The number of rotatable bonds is 6. The van der Waals surface area contributed by atoms with Crippen LogP contribution < -0.4 is 10.6 Å². The molecule has 1 atom stereocenters. The molecule has 0 aromatic heterocycles. The summed E-state index contributed by atoms with van der Waals surface area (Å²) in [4.78, 5) is 21.8. The number of hydrogen-bond acceptors (Lipinski definition) is 3. The SMILES string of the molecule is CNC(=O)C(C)(C)CNC(C)CC(=O)O. The summed E-state index contributed by atoms with van der Waals surface area (Å²) in [6, 6.07) is -0.133. The quantitative estimate of drug-likeness (QED) is 0.593. The van der Waals surface area contributed by atoms with Crippen molar-refractivity contribution in [2.45, 2.75) is 33.2 Å². The van der Waals surface area contributed by atoms with Gasteiger partial charge >= 0.3 is 5.97 Å². The minimum Gasteiger partial charge on any atom is -0.481 e. The molecule has 0 aromatic carbocycles. The number of amides is 1. The molecule has 0 aliphatic rings. The summed E-state index contributed by atoms with van der Waals surface area (Å²) in [5.41, 5.74) is -0.526. The fraction of sp³-hybridized carbons (Fsp3) is 0.800. The maximum Gasteiger partial charge on any atom is 0.304 e. The number of aliphatic carboxylic acids is 1. The molecule has 1 amide bonds. The standard InChI is InChI=1S/C10H20N2O3/c1-7(5-8(13)14)12-6-10(2,3)9(15)11-4/h7,12H,5-6H2,1-4H3,(H,11,15)(H,13,14). The summed E-state index contributed by atoms with van der Waals surface area (Å²) in [7, 11) is 1.59. The van der Waals surface area contributed by atoms with E-state index in [1.165, 1.54) is 0 Å². The number of carboxylic acid groups (broad SMARTS) is 1. The van der Waals surface area contributed by atoms with Crippen molar-refractivity contribution < 1.29 is 14.7 Å². The van der Waals surface area contributed by atoms with Crippen molar-refractivity contribution >= 4 is 11.9 Å². The lowest BCUT2D eigenvalue weighted by molar-refractivity contribution is -0.137. The maximum absolute atomic E-state index is 11.4.